The third-order valence-electron chi connectivity index (χ3n) is 3.29. The van der Waals surface area contributed by atoms with Crippen LogP contribution in [0.1, 0.15) is 26.0 Å². The number of fused-ring (bicyclic) bond motifs is 1. The van der Waals surface area contributed by atoms with E-state index >= 15 is 0 Å². The van der Waals surface area contributed by atoms with Crippen LogP contribution in [0.25, 0.3) is 4.96 Å². The molecule has 0 radical (unpaired) electrons. The van der Waals surface area contributed by atoms with Crippen molar-refractivity contribution in [2.24, 2.45) is 0 Å². The molecule has 0 aliphatic carbocycles. The molecule has 2 rings (SSSR count). The lowest BCUT2D eigenvalue weighted by atomic mass is 10.3. The van der Waals surface area contributed by atoms with Gasteiger partial charge in [-0.25, -0.2) is 4.98 Å². The molecule has 2 N–H and O–H groups in total. The first-order valence-corrected chi connectivity index (χ1v) is 8.19. The zero-order valence-corrected chi connectivity index (χ0v) is 13.7. The Morgan fingerprint density at radius 3 is 2.95 bits per heavy atom. The molecule has 2 heterocycles. The van der Waals surface area contributed by atoms with Gasteiger partial charge in [-0.1, -0.05) is 13.8 Å². The molecule has 0 saturated carbocycles. The Morgan fingerprint density at radius 2 is 2.29 bits per heavy atom. The molecule has 21 heavy (non-hydrogen) atoms. The van der Waals surface area contributed by atoms with Crippen molar-refractivity contribution in [2.75, 3.05) is 31.6 Å². The summed E-state index contributed by atoms with van der Waals surface area (Å²) in [5, 5.41) is 8.07. The molecule has 7 heteroatoms. The second kappa shape index (κ2) is 7.42. The fraction of sp³-hybridized carbons (Fsp3) is 0.571. The van der Waals surface area contributed by atoms with Crippen LogP contribution in [0, 0.1) is 0 Å². The predicted octanol–water partition coefficient (Wildman–Crippen LogP) is 1.47. The number of hydrogen-bond acceptors (Lipinski definition) is 5. The SMILES string of the molecule is CCCN(CC(=O)NC)c1nc2sccn2c1CNCC. The first-order chi connectivity index (χ1) is 10.2. The third-order valence-corrected chi connectivity index (χ3v) is 4.05. The minimum absolute atomic E-state index is 0.00852. The Morgan fingerprint density at radius 1 is 1.48 bits per heavy atom. The average Bonchev–Trinajstić information content (AvgIpc) is 3.05. The van der Waals surface area contributed by atoms with Gasteiger partial charge in [0, 0.05) is 31.7 Å². The van der Waals surface area contributed by atoms with Crippen molar-refractivity contribution in [3.05, 3.63) is 17.3 Å². The number of nitrogens with one attached hydrogen (secondary N) is 2. The van der Waals surface area contributed by atoms with Crippen molar-refractivity contribution in [1.82, 2.24) is 20.0 Å². The van der Waals surface area contributed by atoms with E-state index < -0.39 is 0 Å². The van der Waals surface area contributed by atoms with Crippen molar-refractivity contribution < 1.29 is 4.79 Å². The van der Waals surface area contributed by atoms with E-state index in [0.29, 0.717) is 6.54 Å². The van der Waals surface area contributed by atoms with E-state index in [-0.39, 0.29) is 5.91 Å². The average molecular weight is 309 g/mol. The molecule has 0 fully saturated rings. The first kappa shape index (κ1) is 15.8. The summed E-state index contributed by atoms with van der Waals surface area (Å²) in [4.78, 5) is 19.5. The topological polar surface area (TPSA) is 61.7 Å². The second-order valence-corrected chi connectivity index (χ2v) is 5.69. The Labute approximate surface area is 129 Å². The number of amides is 1. The van der Waals surface area contributed by atoms with Crippen molar-refractivity contribution in [2.45, 2.75) is 26.8 Å². The van der Waals surface area contributed by atoms with E-state index in [1.165, 1.54) is 0 Å². The van der Waals surface area contributed by atoms with E-state index in [4.69, 9.17) is 4.98 Å². The summed E-state index contributed by atoms with van der Waals surface area (Å²) in [6.45, 7) is 7.00. The van der Waals surface area contributed by atoms with Crippen molar-refractivity contribution >= 4 is 28.0 Å². The molecule has 0 aliphatic rings. The normalized spacial score (nSPS) is 11.0. The van der Waals surface area contributed by atoms with Gasteiger partial charge >= 0.3 is 0 Å². The van der Waals surface area contributed by atoms with Crippen LogP contribution in [-0.2, 0) is 11.3 Å². The molecular weight excluding hydrogens is 286 g/mol. The second-order valence-electron chi connectivity index (χ2n) is 4.81. The molecule has 0 saturated heterocycles. The van der Waals surface area contributed by atoms with Crippen molar-refractivity contribution in [3.8, 4) is 0 Å². The maximum Gasteiger partial charge on any atom is 0.239 e. The highest BCUT2D eigenvalue weighted by Crippen LogP contribution is 2.24. The lowest BCUT2D eigenvalue weighted by molar-refractivity contribution is -0.119. The van der Waals surface area contributed by atoms with Crippen LogP contribution in [0.5, 0.6) is 0 Å². The molecule has 0 bridgehead atoms. The summed E-state index contributed by atoms with van der Waals surface area (Å²) in [6, 6.07) is 0. The molecule has 116 valence electrons. The van der Waals surface area contributed by atoms with Crippen LogP contribution in [0.15, 0.2) is 11.6 Å². The molecule has 0 atom stereocenters. The number of likely N-dealkylation sites (N-methyl/N-ethyl adjacent to an activating group) is 1. The maximum atomic E-state index is 11.7. The molecule has 6 nitrogen and oxygen atoms in total. The van der Waals surface area contributed by atoms with Crippen LogP contribution in [0.4, 0.5) is 5.82 Å². The quantitative estimate of drug-likeness (QED) is 0.775. The Bertz CT molecular complexity index is 591. The summed E-state index contributed by atoms with van der Waals surface area (Å²) in [5.41, 5.74) is 1.12. The Hall–Kier alpha value is -1.60. The summed E-state index contributed by atoms with van der Waals surface area (Å²) in [5.74, 6) is 0.919. The fourth-order valence-electron chi connectivity index (χ4n) is 2.26. The van der Waals surface area contributed by atoms with Gasteiger partial charge in [-0.3, -0.25) is 9.20 Å². The number of nitrogens with zero attached hydrogens (tertiary/aromatic N) is 3. The van der Waals surface area contributed by atoms with E-state index in [1.807, 2.05) is 11.6 Å². The van der Waals surface area contributed by atoms with Gasteiger partial charge in [-0.15, -0.1) is 11.3 Å². The molecule has 1 amide bonds. The van der Waals surface area contributed by atoms with E-state index in [1.54, 1.807) is 18.4 Å². The zero-order chi connectivity index (χ0) is 15.2. The summed E-state index contributed by atoms with van der Waals surface area (Å²) < 4.78 is 2.11. The highest BCUT2D eigenvalue weighted by molar-refractivity contribution is 7.15. The number of rotatable bonds is 8. The summed E-state index contributed by atoms with van der Waals surface area (Å²) >= 11 is 1.61. The van der Waals surface area contributed by atoms with Crippen LogP contribution in [0.3, 0.4) is 0 Å². The van der Waals surface area contributed by atoms with E-state index in [2.05, 4.69) is 33.8 Å². The van der Waals surface area contributed by atoms with Gasteiger partial charge in [-0.2, -0.15) is 0 Å². The molecular formula is C14H23N5OS. The van der Waals surface area contributed by atoms with Gasteiger partial charge in [0.1, 0.15) is 0 Å². The zero-order valence-electron chi connectivity index (χ0n) is 12.8. The molecule has 2 aromatic rings. The number of anilines is 1. The molecule has 0 aliphatic heterocycles. The summed E-state index contributed by atoms with van der Waals surface area (Å²) in [6.07, 6.45) is 3.01. The fourth-order valence-corrected chi connectivity index (χ4v) is 2.99. The Kier molecular flexibility index (Phi) is 5.58. The lowest BCUT2D eigenvalue weighted by Gasteiger charge is -2.22. The van der Waals surface area contributed by atoms with Gasteiger partial charge in [-0.05, 0) is 13.0 Å². The van der Waals surface area contributed by atoms with Crippen LogP contribution in [0.2, 0.25) is 0 Å². The lowest BCUT2D eigenvalue weighted by Crippen LogP contribution is -2.37. The molecule has 0 unspecified atom stereocenters. The number of imidazole rings is 1. The van der Waals surface area contributed by atoms with Crippen molar-refractivity contribution in [1.29, 1.82) is 0 Å². The first-order valence-electron chi connectivity index (χ1n) is 7.31. The highest BCUT2D eigenvalue weighted by atomic mass is 32.1. The van der Waals surface area contributed by atoms with E-state index in [0.717, 1.165) is 42.5 Å². The monoisotopic (exact) mass is 309 g/mol. The van der Waals surface area contributed by atoms with Gasteiger partial charge < -0.3 is 15.5 Å². The highest BCUT2D eigenvalue weighted by Gasteiger charge is 2.20. The third kappa shape index (κ3) is 3.54. The van der Waals surface area contributed by atoms with Gasteiger partial charge in [0.05, 0.1) is 12.2 Å². The summed E-state index contributed by atoms with van der Waals surface area (Å²) in [7, 11) is 1.66. The number of carbonyl (C=O) groups is 1. The van der Waals surface area contributed by atoms with Crippen LogP contribution in [-0.4, -0.2) is 42.0 Å². The van der Waals surface area contributed by atoms with Gasteiger partial charge in [0.25, 0.3) is 0 Å². The molecule has 2 aromatic heterocycles. The minimum Gasteiger partial charge on any atom is -0.358 e. The number of aromatic nitrogens is 2. The van der Waals surface area contributed by atoms with Crippen LogP contribution >= 0.6 is 11.3 Å². The molecule has 0 spiro atoms. The number of thiazole rings is 1. The van der Waals surface area contributed by atoms with Gasteiger partial charge in [0.2, 0.25) is 5.91 Å². The number of carbonyl (C=O) groups excluding carboxylic acids is 1. The van der Waals surface area contributed by atoms with Crippen molar-refractivity contribution in [3.63, 3.8) is 0 Å². The van der Waals surface area contributed by atoms with Gasteiger partial charge in [0.15, 0.2) is 10.8 Å². The standard InChI is InChI=1S/C14H23N5OS/c1-4-6-18(10-12(20)15-3)13-11(9-16-5-2)19-7-8-21-14(19)17-13/h7-8,16H,4-6,9-10H2,1-3H3,(H,15,20). The predicted molar refractivity (Wildman–Crippen MR) is 87.0 cm³/mol. The molecule has 0 aromatic carbocycles. The Balaban J connectivity index is 2.35. The largest absolute Gasteiger partial charge is 0.358 e. The smallest absolute Gasteiger partial charge is 0.239 e. The minimum atomic E-state index is 0.00852. The van der Waals surface area contributed by atoms with E-state index in [9.17, 15) is 4.79 Å². The van der Waals surface area contributed by atoms with Crippen LogP contribution < -0.4 is 15.5 Å². The maximum absolute atomic E-state index is 11.7. The number of hydrogen-bond donors (Lipinski definition) is 2.